The number of hydrogen-bond donors (Lipinski definition) is 3. The molecule has 2 amide bonds. The number of anilines is 1. The Kier molecular flexibility index (Phi) is 7.15. The number of para-hydroxylation sites is 1. The Balaban J connectivity index is 1.94. The molecule has 2 aromatic rings. The molecule has 174 valence electrons. The lowest BCUT2D eigenvalue weighted by atomic mass is 9.88. The Morgan fingerprint density at radius 2 is 1.76 bits per heavy atom. The average Bonchev–Trinajstić information content (AvgIpc) is 2.90. The van der Waals surface area contributed by atoms with E-state index in [1.807, 2.05) is 0 Å². The van der Waals surface area contributed by atoms with Crippen LogP contribution >= 0.6 is 0 Å². The number of hydrogen-bond acceptors (Lipinski definition) is 4. The fraction of sp³-hybridized carbons (Fsp3) is 0.304. The SMILES string of the molecule is CC(C(=O)O)C(CCC(F)(F)F)C(=O)NC1N=C(c2ccccc2)c2ccccc2NC1=O. The summed E-state index contributed by atoms with van der Waals surface area (Å²) >= 11 is 0. The molecular formula is C23H22F3N3O4. The first-order chi connectivity index (χ1) is 15.6. The molecule has 0 spiro atoms. The van der Waals surface area contributed by atoms with E-state index in [9.17, 15) is 32.7 Å². The highest BCUT2D eigenvalue weighted by molar-refractivity contribution is 6.19. The zero-order valence-electron chi connectivity index (χ0n) is 17.6. The second-order valence-electron chi connectivity index (χ2n) is 7.68. The van der Waals surface area contributed by atoms with Crippen molar-refractivity contribution in [3.05, 3.63) is 65.7 Å². The van der Waals surface area contributed by atoms with Gasteiger partial charge in [-0.1, -0.05) is 55.5 Å². The number of amides is 2. The third kappa shape index (κ3) is 5.97. The van der Waals surface area contributed by atoms with Crippen LogP contribution in [0.3, 0.4) is 0 Å². The molecule has 2 aromatic carbocycles. The topological polar surface area (TPSA) is 108 Å². The van der Waals surface area contributed by atoms with E-state index in [0.717, 1.165) is 6.92 Å². The largest absolute Gasteiger partial charge is 0.481 e. The van der Waals surface area contributed by atoms with Crippen molar-refractivity contribution in [2.45, 2.75) is 32.1 Å². The number of aliphatic imine (C=N–C) groups is 1. The summed E-state index contributed by atoms with van der Waals surface area (Å²) in [6.07, 6.45) is -8.08. The van der Waals surface area contributed by atoms with Gasteiger partial charge in [0.05, 0.1) is 23.2 Å². The summed E-state index contributed by atoms with van der Waals surface area (Å²) in [6.45, 7) is 1.16. The minimum Gasteiger partial charge on any atom is -0.481 e. The van der Waals surface area contributed by atoms with Gasteiger partial charge in [-0.15, -0.1) is 0 Å². The normalized spacial score (nSPS) is 17.6. The maximum absolute atomic E-state index is 12.9. The van der Waals surface area contributed by atoms with Crippen LogP contribution in [0.4, 0.5) is 18.9 Å². The van der Waals surface area contributed by atoms with Gasteiger partial charge in [0.1, 0.15) is 0 Å². The van der Waals surface area contributed by atoms with Gasteiger partial charge >= 0.3 is 12.1 Å². The Hall–Kier alpha value is -3.69. The first-order valence-corrected chi connectivity index (χ1v) is 10.2. The maximum Gasteiger partial charge on any atom is 0.389 e. The molecule has 0 bridgehead atoms. The summed E-state index contributed by atoms with van der Waals surface area (Å²) in [7, 11) is 0. The number of benzene rings is 2. The monoisotopic (exact) mass is 461 g/mol. The van der Waals surface area contributed by atoms with Gasteiger partial charge in [-0.25, -0.2) is 4.99 Å². The highest BCUT2D eigenvalue weighted by Crippen LogP contribution is 2.28. The van der Waals surface area contributed by atoms with Gasteiger partial charge in [-0.05, 0) is 12.5 Å². The van der Waals surface area contributed by atoms with Crippen molar-refractivity contribution >= 4 is 29.2 Å². The summed E-state index contributed by atoms with van der Waals surface area (Å²) in [6, 6.07) is 15.7. The molecule has 1 heterocycles. The average molecular weight is 461 g/mol. The number of halogens is 3. The number of alkyl halides is 3. The molecule has 0 saturated heterocycles. The van der Waals surface area contributed by atoms with Crippen molar-refractivity contribution in [2.24, 2.45) is 16.8 Å². The number of carboxylic acids is 1. The molecule has 0 aliphatic carbocycles. The minimum atomic E-state index is -4.56. The quantitative estimate of drug-likeness (QED) is 0.586. The number of fused-ring (bicyclic) bond motifs is 1. The summed E-state index contributed by atoms with van der Waals surface area (Å²) in [5.41, 5.74) is 2.11. The smallest absolute Gasteiger partial charge is 0.389 e. The van der Waals surface area contributed by atoms with E-state index in [0.29, 0.717) is 22.5 Å². The molecule has 0 aromatic heterocycles. The zero-order valence-corrected chi connectivity index (χ0v) is 17.6. The zero-order chi connectivity index (χ0) is 24.2. The molecular weight excluding hydrogens is 439 g/mol. The third-order valence-corrected chi connectivity index (χ3v) is 5.34. The predicted molar refractivity (Wildman–Crippen MR) is 115 cm³/mol. The van der Waals surface area contributed by atoms with E-state index in [2.05, 4.69) is 15.6 Å². The first-order valence-electron chi connectivity index (χ1n) is 10.2. The number of benzodiazepines with no additional fused rings is 1. The van der Waals surface area contributed by atoms with Gasteiger partial charge in [-0.2, -0.15) is 13.2 Å². The number of nitrogens with one attached hydrogen (secondary N) is 2. The highest BCUT2D eigenvalue weighted by atomic mass is 19.4. The second kappa shape index (κ2) is 9.85. The Bertz CT molecular complexity index is 1070. The lowest BCUT2D eigenvalue weighted by Crippen LogP contribution is -2.47. The predicted octanol–water partition coefficient (Wildman–Crippen LogP) is 3.60. The van der Waals surface area contributed by atoms with E-state index >= 15 is 0 Å². The molecule has 33 heavy (non-hydrogen) atoms. The molecule has 10 heteroatoms. The lowest BCUT2D eigenvalue weighted by Gasteiger charge is -2.23. The number of nitrogens with zero attached hydrogens (tertiary/aromatic N) is 1. The number of aliphatic carboxylic acids is 1. The van der Waals surface area contributed by atoms with E-state index in [1.54, 1.807) is 54.6 Å². The molecule has 3 atom stereocenters. The molecule has 7 nitrogen and oxygen atoms in total. The Morgan fingerprint density at radius 1 is 1.12 bits per heavy atom. The number of carbonyl (C=O) groups is 3. The fourth-order valence-corrected chi connectivity index (χ4v) is 3.52. The van der Waals surface area contributed by atoms with Crippen LogP contribution in [0.1, 0.15) is 30.9 Å². The Morgan fingerprint density at radius 3 is 2.39 bits per heavy atom. The third-order valence-electron chi connectivity index (χ3n) is 5.34. The van der Waals surface area contributed by atoms with Gasteiger partial charge in [0.15, 0.2) is 0 Å². The first kappa shape index (κ1) is 24.0. The van der Waals surface area contributed by atoms with Gasteiger partial charge in [0.25, 0.3) is 5.91 Å². The van der Waals surface area contributed by atoms with E-state index in [4.69, 9.17) is 0 Å². The molecule has 1 aliphatic heterocycles. The van der Waals surface area contributed by atoms with Crippen LogP contribution in [-0.4, -0.2) is 40.9 Å². The maximum atomic E-state index is 12.9. The minimum absolute atomic E-state index is 0.396. The number of carbonyl (C=O) groups excluding carboxylic acids is 2. The summed E-state index contributed by atoms with van der Waals surface area (Å²) in [5, 5.41) is 14.3. The van der Waals surface area contributed by atoms with Crippen LogP contribution in [0.5, 0.6) is 0 Å². The molecule has 1 aliphatic rings. The summed E-state index contributed by atoms with van der Waals surface area (Å²) in [5.74, 6) is -5.99. The van der Waals surface area contributed by atoms with Crippen molar-refractivity contribution in [3.8, 4) is 0 Å². The number of rotatable bonds is 7. The molecule has 0 radical (unpaired) electrons. The number of carboxylic acid groups (broad SMARTS) is 1. The van der Waals surface area contributed by atoms with Gasteiger partial charge in [-0.3, -0.25) is 14.4 Å². The van der Waals surface area contributed by atoms with Crippen molar-refractivity contribution in [1.82, 2.24) is 5.32 Å². The molecule has 3 rings (SSSR count). The van der Waals surface area contributed by atoms with Crippen molar-refractivity contribution in [2.75, 3.05) is 5.32 Å². The van der Waals surface area contributed by atoms with Crippen LogP contribution in [0.25, 0.3) is 0 Å². The van der Waals surface area contributed by atoms with Gasteiger partial charge in [0, 0.05) is 17.5 Å². The lowest BCUT2D eigenvalue weighted by molar-refractivity contribution is -0.152. The molecule has 3 N–H and O–H groups in total. The van der Waals surface area contributed by atoms with Gasteiger partial charge in [0.2, 0.25) is 12.1 Å². The Labute approximate surface area is 187 Å². The summed E-state index contributed by atoms with van der Waals surface area (Å²) in [4.78, 5) is 41.5. The molecule has 0 saturated carbocycles. The van der Waals surface area contributed by atoms with Crippen LogP contribution in [0, 0.1) is 11.8 Å². The van der Waals surface area contributed by atoms with Crippen LogP contribution < -0.4 is 10.6 Å². The standard InChI is InChI=1S/C23H22F3N3O4/c1-13(22(32)33)15(11-12-23(24,25)26)20(30)29-19-21(31)27-17-10-6-5-9-16(17)18(28-19)14-7-3-2-4-8-14/h2-10,13,15,19H,11-12H2,1H3,(H,27,31)(H,29,30)(H,32,33). The van der Waals surface area contributed by atoms with Crippen molar-refractivity contribution < 1.29 is 32.7 Å². The van der Waals surface area contributed by atoms with Crippen LogP contribution in [-0.2, 0) is 14.4 Å². The molecule has 0 fully saturated rings. The second-order valence-corrected chi connectivity index (χ2v) is 7.68. The molecule has 3 unspecified atom stereocenters. The van der Waals surface area contributed by atoms with Crippen molar-refractivity contribution in [1.29, 1.82) is 0 Å². The van der Waals surface area contributed by atoms with E-state index in [-0.39, 0.29) is 0 Å². The van der Waals surface area contributed by atoms with Gasteiger partial charge < -0.3 is 15.7 Å². The highest BCUT2D eigenvalue weighted by Gasteiger charge is 2.37. The summed E-state index contributed by atoms with van der Waals surface area (Å²) < 4.78 is 38.2. The van der Waals surface area contributed by atoms with Crippen LogP contribution in [0.15, 0.2) is 59.6 Å². The van der Waals surface area contributed by atoms with E-state index < -0.39 is 54.8 Å². The fourth-order valence-electron chi connectivity index (χ4n) is 3.52. The van der Waals surface area contributed by atoms with E-state index in [1.165, 1.54) is 0 Å². The van der Waals surface area contributed by atoms with Crippen molar-refractivity contribution in [3.63, 3.8) is 0 Å². The van der Waals surface area contributed by atoms with Crippen LogP contribution in [0.2, 0.25) is 0 Å².